The van der Waals surface area contributed by atoms with E-state index < -0.39 is 0 Å². The highest BCUT2D eigenvalue weighted by Crippen LogP contribution is 2.22. The van der Waals surface area contributed by atoms with Gasteiger partial charge in [0.05, 0.1) is 0 Å². The average Bonchev–Trinajstić information content (AvgIpc) is 2.70. The first-order valence-electron chi connectivity index (χ1n) is 4.48. The van der Waals surface area contributed by atoms with Gasteiger partial charge < -0.3 is 9.84 Å². The summed E-state index contributed by atoms with van der Waals surface area (Å²) in [6.07, 6.45) is 0. The van der Waals surface area contributed by atoms with Crippen LogP contribution in [0.3, 0.4) is 0 Å². The molecule has 0 saturated heterocycles. The van der Waals surface area contributed by atoms with Crippen LogP contribution in [0, 0.1) is 12.7 Å². The van der Waals surface area contributed by atoms with Crippen molar-refractivity contribution >= 4 is 6.01 Å². The number of halogens is 1. The van der Waals surface area contributed by atoms with Gasteiger partial charge in [-0.3, -0.25) is 0 Å². The second kappa shape index (κ2) is 3.68. The summed E-state index contributed by atoms with van der Waals surface area (Å²) < 4.78 is 17.9. The van der Waals surface area contributed by atoms with Crippen molar-refractivity contribution in [1.29, 1.82) is 0 Å². The number of benzene rings is 1. The third-order valence-electron chi connectivity index (χ3n) is 2.08. The molecule has 0 amide bonds. The zero-order valence-corrected chi connectivity index (χ0v) is 8.41. The predicted octanol–water partition coefficient (Wildman–Crippen LogP) is 2.23. The molecule has 0 aliphatic rings. The van der Waals surface area contributed by atoms with Crippen LogP contribution in [0.25, 0.3) is 11.4 Å². The number of nitrogens with zero attached hydrogens (tertiary/aromatic N) is 2. The van der Waals surface area contributed by atoms with Crippen LogP contribution in [0.5, 0.6) is 0 Å². The van der Waals surface area contributed by atoms with Gasteiger partial charge in [-0.15, -0.1) is 0 Å². The molecule has 0 radical (unpaired) electrons. The Hall–Kier alpha value is -1.91. The molecular weight excluding hydrogens is 197 g/mol. The van der Waals surface area contributed by atoms with Crippen LogP contribution >= 0.6 is 0 Å². The SMILES string of the molecule is CNc1nc(-c2cc(F)ccc2C)no1. The Morgan fingerprint density at radius 3 is 2.87 bits per heavy atom. The Balaban J connectivity index is 2.48. The predicted molar refractivity (Wildman–Crippen MR) is 54.0 cm³/mol. The van der Waals surface area contributed by atoms with Crippen molar-refractivity contribution in [3.05, 3.63) is 29.6 Å². The van der Waals surface area contributed by atoms with Crippen molar-refractivity contribution < 1.29 is 8.91 Å². The standard InChI is InChI=1S/C10H10FN3O/c1-6-3-4-7(11)5-8(6)9-13-10(12-2)15-14-9/h3-5H,1-2H3,(H,12,13,14). The molecule has 0 atom stereocenters. The van der Waals surface area contributed by atoms with E-state index in [1.54, 1.807) is 13.1 Å². The monoisotopic (exact) mass is 207 g/mol. The van der Waals surface area contributed by atoms with Crippen molar-refractivity contribution in [1.82, 2.24) is 10.1 Å². The van der Waals surface area contributed by atoms with Crippen molar-refractivity contribution in [2.45, 2.75) is 6.92 Å². The maximum Gasteiger partial charge on any atom is 0.321 e. The second-order valence-corrected chi connectivity index (χ2v) is 3.13. The van der Waals surface area contributed by atoms with Crippen LogP contribution in [0.15, 0.2) is 22.7 Å². The largest absolute Gasteiger partial charge is 0.341 e. The van der Waals surface area contributed by atoms with Crippen LogP contribution in [0.1, 0.15) is 5.56 Å². The highest BCUT2D eigenvalue weighted by atomic mass is 19.1. The summed E-state index contributed by atoms with van der Waals surface area (Å²) in [5.41, 5.74) is 1.54. The van der Waals surface area contributed by atoms with E-state index in [-0.39, 0.29) is 5.82 Å². The van der Waals surface area contributed by atoms with Gasteiger partial charge in [-0.1, -0.05) is 11.2 Å². The molecule has 2 rings (SSSR count). The van der Waals surface area contributed by atoms with Gasteiger partial charge in [0.15, 0.2) is 0 Å². The minimum Gasteiger partial charge on any atom is -0.341 e. The topological polar surface area (TPSA) is 51.0 Å². The lowest BCUT2D eigenvalue weighted by atomic mass is 10.1. The second-order valence-electron chi connectivity index (χ2n) is 3.13. The lowest BCUT2D eigenvalue weighted by molar-refractivity contribution is 0.434. The van der Waals surface area contributed by atoms with Gasteiger partial charge in [-0.25, -0.2) is 4.39 Å². The summed E-state index contributed by atoms with van der Waals surface area (Å²) in [5, 5.41) is 6.46. The van der Waals surface area contributed by atoms with Crippen LogP contribution in [-0.2, 0) is 0 Å². The maximum absolute atomic E-state index is 13.0. The molecule has 0 aliphatic carbocycles. The van der Waals surface area contributed by atoms with Gasteiger partial charge in [0, 0.05) is 12.6 Å². The quantitative estimate of drug-likeness (QED) is 0.820. The Bertz CT molecular complexity index is 481. The molecule has 0 bridgehead atoms. The van der Waals surface area contributed by atoms with Crippen LogP contribution in [0.4, 0.5) is 10.4 Å². The first-order chi connectivity index (χ1) is 7.20. The molecular formula is C10H10FN3O. The minimum atomic E-state index is -0.314. The molecule has 0 saturated carbocycles. The lowest BCUT2D eigenvalue weighted by Crippen LogP contribution is -1.89. The first kappa shape index (κ1) is 9.64. The van der Waals surface area contributed by atoms with E-state index in [9.17, 15) is 4.39 Å². The number of aryl methyl sites for hydroxylation is 1. The molecule has 0 fully saturated rings. The number of aromatic nitrogens is 2. The van der Waals surface area contributed by atoms with E-state index in [0.29, 0.717) is 17.4 Å². The smallest absolute Gasteiger partial charge is 0.321 e. The summed E-state index contributed by atoms with van der Waals surface area (Å²) in [5.74, 6) is 0.0720. The van der Waals surface area contributed by atoms with Gasteiger partial charge >= 0.3 is 6.01 Å². The number of anilines is 1. The molecule has 0 spiro atoms. The third kappa shape index (κ3) is 1.81. The van der Waals surface area contributed by atoms with E-state index in [2.05, 4.69) is 15.5 Å². The Morgan fingerprint density at radius 2 is 2.20 bits per heavy atom. The highest BCUT2D eigenvalue weighted by molar-refractivity contribution is 5.60. The number of rotatable bonds is 2. The van der Waals surface area contributed by atoms with Crippen molar-refractivity contribution in [2.24, 2.45) is 0 Å². The average molecular weight is 207 g/mol. The Morgan fingerprint density at radius 1 is 1.40 bits per heavy atom. The van der Waals surface area contributed by atoms with Gasteiger partial charge in [0.25, 0.3) is 0 Å². The number of hydrogen-bond donors (Lipinski definition) is 1. The van der Waals surface area contributed by atoms with Crippen molar-refractivity contribution in [2.75, 3.05) is 12.4 Å². The summed E-state index contributed by atoms with van der Waals surface area (Å²) in [6.45, 7) is 1.87. The van der Waals surface area contributed by atoms with Gasteiger partial charge in [0.2, 0.25) is 5.82 Å². The summed E-state index contributed by atoms with van der Waals surface area (Å²) in [7, 11) is 1.68. The molecule has 1 heterocycles. The van der Waals surface area contributed by atoms with Crippen molar-refractivity contribution in [3.63, 3.8) is 0 Å². The molecule has 1 aromatic heterocycles. The van der Waals surface area contributed by atoms with Gasteiger partial charge in [-0.05, 0) is 24.6 Å². The van der Waals surface area contributed by atoms with E-state index in [1.807, 2.05) is 6.92 Å². The van der Waals surface area contributed by atoms with Gasteiger partial charge in [0.1, 0.15) is 5.82 Å². The first-order valence-corrected chi connectivity index (χ1v) is 4.48. The molecule has 5 heteroatoms. The Kier molecular flexibility index (Phi) is 2.37. The van der Waals surface area contributed by atoms with E-state index in [0.717, 1.165) is 5.56 Å². The van der Waals surface area contributed by atoms with E-state index in [4.69, 9.17) is 4.52 Å². The molecule has 1 N–H and O–H groups in total. The summed E-state index contributed by atoms with van der Waals surface area (Å²) >= 11 is 0. The lowest BCUT2D eigenvalue weighted by Gasteiger charge is -1.99. The Labute approximate surface area is 86.1 Å². The molecule has 4 nitrogen and oxygen atoms in total. The van der Waals surface area contributed by atoms with Crippen LogP contribution in [0.2, 0.25) is 0 Å². The number of nitrogens with one attached hydrogen (secondary N) is 1. The van der Waals surface area contributed by atoms with Crippen molar-refractivity contribution in [3.8, 4) is 11.4 Å². The zero-order chi connectivity index (χ0) is 10.8. The van der Waals surface area contributed by atoms with E-state index in [1.165, 1.54) is 12.1 Å². The fourth-order valence-corrected chi connectivity index (χ4v) is 1.27. The molecule has 1 aromatic carbocycles. The number of hydrogen-bond acceptors (Lipinski definition) is 4. The highest BCUT2D eigenvalue weighted by Gasteiger charge is 2.10. The van der Waals surface area contributed by atoms with Crippen LogP contribution in [-0.4, -0.2) is 17.2 Å². The molecule has 0 aliphatic heterocycles. The fraction of sp³-hybridized carbons (Fsp3) is 0.200. The molecule has 15 heavy (non-hydrogen) atoms. The maximum atomic E-state index is 13.0. The molecule has 78 valence electrons. The molecule has 0 unspecified atom stereocenters. The van der Waals surface area contributed by atoms with Crippen LogP contribution < -0.4 is 5.32 Å². The third-order valence-corrected chi connectivity index (χ3v) is 2.08. The zero-order valence-electron chi connectivity index (χ0n) is 8.41. The van der Waals surface area contributed by atoms with E-state index >= 15 is 0 Å². The normalized spacial score (nSPS) is 10.3. The minimum absolute atomic E-state index is 0.314. The van der Waals surface area contributed by atoms with Gasteiger partial charge in [-0.2, -0.15) is 4.98 Å². The molecule has 2 aromatic rings. The fourth-order valence-electron chi connectivity index (χ4n) is 1.27. The summed E-state index contributed by atoms with van der Waals surface area (Å²) in [6, 6.07) is 4.78. The summed E-state index contributed by atoms with van der Waals surface area (Å²) in [4.78, 5) is 4.05.